The van der Waals surface area contributed by atoms with E-state index in [-0.39, 0.29) is 18.0 Å². The van der Waals surface area contributed by atoms with Gasteiger partial charge in [0.05, 0.1) is 0 Å². The van der Waals surface area contributed by atoms with Crippen LogP contribution in [0.2, 0.25) is 0 Å². The second-order valence-corrected chi connectivity index (χ2v) is 4.68. The monoisotopic (exact) mass is 304 g/mol. The summed E-state index contributed by atoms with van der Waals surface area (Å²) in [6, 6.07) is 9.29. The average Bonchev–Trinajstić information content (AvgIpc) is 2.48. The highest BCUT2D eigenvalue weighted by Gasteiger charge is 2.08. The van der Waals surface area contributed by atoms with Gasteiger partial charge < -0.3 is 10.6 Å². The first kappa shape index (κ1) is 15.6. The Balaban J connectivity index is 2.00. The lowest BCUT2D eigenvalue weighted by molar-refractivity contribution is -0.114. The molecular weight excluding hydrogens is 290 g/mol. The van der Waals surface area contributed by atoms with Crippen molar-refractivity contribution in [1.82, 2.24) is 5.32 Å². The molecule has 2 amide bonds. The predicted octanol–water partition coefficient (Wildman–Crippen LogP) is 2.85. The van der Waals surface area contributed by atoms with Crippen LogP contribution >= 0.6 is 0 Å². The van der Waals surface area contributed by atoms with Crippen molar-refractivity contribution in [3.05, 3.63) is 65.2 Å². The van der Waals surface area contributed by atoms with E-state index in [1.54, 1.807) is 12.1 Å². The van der Waals surface area contributed by atoms with Gasteiger partial charge in [-0.3, -0.25) is 9.59 Å². The highest BCUT2D eigenvalue weighted by atomic mass is 19.1. The quantitative estimate of drug-likeness (QED) is 0.912. The minimum absolute atomic E-state index is 0.0724. The van der Waals surface area contributed by atoms with Crippen molar-refractivity contribution in [3.63, 3.8) is 0 Å². The van der Waals surface area contributed by atoms with Crippen molar-refractivity contribution in [2.24, 2.45) is 0 Å². The molecule has 2 aromatic carbocycles. The molecule has 0 aliphatic heterocycles. The summed E-state index contributed by atoms with van der Waals surface area (Å²) in [6.45, 7) is 1.27. The van der Waals surface area contributed by atoms with Gasteiger partial charge in [0, 0.05) is 30.3 Å². The number of carbonyl (C=O) groups is 2. The number of amides is 2. The lowest BCUT2D eigenvalue weighted by Gasteiger charge is -2.07. The SMILES string of the molecule is CC(=O)Nc1ccc(C(=O)NCc2cc(F)ccc2F)cc1. The fourth-order valence-corrected chi connectivity index (χ4v) is 1.86. The molecule has 114 valence electrons. The first-order valence-electron chi connectivity index (χ1n) is 6.55. The number of carbonyl (C=O) groups excluding carboxylic acids is 2. The number of hydrogen-bond acceptors (Lipinski definition) is 2. The topological polar surface area (TPSA) is 58.2 Å². The minimum Gasteiger partial charge on any atom is -0.348 e. The molecule has 0 radical (unpaired) electrons. The van der Waals surface area contributed by atoms with Crippen molar-refractivity contribution in [2.45, 2.75) is 13.5 Å². The van der Waals surface area contributed by atoms with Gasteiger partial charge in [0.2, 0.25) is 5.91 Å². The second-order valence-electron chi connectivity index (χ2n) is 4.68. The second kappa shape index (κ2) is 6.80. The van der Waals surface area contributed by atoms with E-state index >= 15 is 0 Å². The van der Waals surface area contributed by atoms with Gasteiger partial charge in [-0.1, -0.05) is 0 Å². The molecule has 0 aliphatic rings. The number of benzene rings is 2. The Kier molecular flexibility index (Phi) is 4.83. The van der Waals surface area contributed by atoms with Crippen LogP contribution in [0.1, 0.15) is 22.8 Å². The maximum Gasteiger partial charge on any atom is 0.251 e. The van der Waals surface area contributed by atoms with Gasteiger partial charge in [0.25, 0.3) is 5.91 Å². The minimum atomic E-state index is -0.581. The van der Waals surface area contributed by atoms with E-state index in [0.717, 1.165) is 18.2 Å². The van der Waals surface area contributed by atoms with E-state index in [1.165, 1.54) is 19.1 Å². The van der Waals surface area contributed by atoms with E-state index in [0.29, 0.717) is 11.3 Å². The predicted molar refractivity (Wildman–Crippen MR) is 78.3 cm³/mol. The molecule has 0 spiro atoms. The summed E-state index contributed by atoms with van der Waals surface area (Å²) >= 11 is 0. The molecule has 0 saturated carbocycles. The van der Waals surface area contributed by atoms with Crippen molar-refractivity contribution < 1.29 is 18.4 Å². The van der Waals surface area contributed by atoms with Gasteiger partial charge in [-0.2, -0.15) is 0 Å². The lowest BCUT2D eigenvalue weighted by Crippen LogP contribution is -2.23. The highest BCUT2D eigenvalue weighted by Crippen LogP contribution is 2.11. The van der Waals surface area contributed by atoms with Crippen molar-refractivity contribution in [1.29, 1.82) is 0 Å². The molecule has 2 rings (SSSR count). The van der Waals surface area contributed by atoms with Gasteiger partial charge in [-0.15, -0.1) is 0 Å². The fraction of sp³-hybridized carbons (Fsp3) is 0.125. The Morgan fingerprint density at radius 3 is 2.36 bits per heavy atom. The van der Waals surface area contributed by atoms with Crippen LogP contribution in [0.4, 0.5) is 14.5 Å². The number of nitrogens with one attached hydrogen (secondary N) is 2. The zero-order chi connectivity index (χ0) is 16.1. The number of halogens is 2. The van der Waals surface area contributed by atoms with Crippen molar-refractivity contribution in [3.8, 4) is 0 Å². The van der Waals surface area contributed by atoms with E-state index in [1.807, 2.05) is 0 Å². The van der Waals surface area contributed by atoms with E-state index < -0.39 is 17.5 Å². The Hall–Kier alpha value is -2.76. The smallest absolute Gasteiger partial charge is 0.251 e. The van der Waals surface area contributed by atoms with Crippen molar-refractivity contribution in [2.75, 3.05) is 5.32 Å². The average molecular weight is 304 g/mol. The Labute approximate surface area is 126 Å². The zero-order valence-electron chi connectivity index (χ0n) is 11.8. The molecule has 0 aromatic heterocycles. The van der Waals surface area contributed by atoms with Gasteiger partial charge in [0.1, 0.15) is 11.6 Å². The molecular formula is C16H14F2N2O2. The van der Waals surface area contributed by atoms with Crippen LogP contribution in [-0.4, -0.2) is 11.8 Å². The summed E-state index contributed by atoms with van der Waals surface area (Å²) < 4.78 is 26.5. The third kappa shape index (κ3) is 4.12. The highest BCUT2D eigenvalue weighted by molar-refractivity contribution is 5.95. The standard InChI is InChI=1S/C16H14F2N2O2/c1-10(21)20-14-5-2-11(3-6-14)16(22)19-9-12-8-13(17)4-7-15(12)18/h2-8H,9H2,1H3,(H,19,22)(H,20,21). The molecule has 2 N–H and O–H groups in total. The van der Waals surface area contributed by atoms with E-state index in [9.17, 15) is 18.4 Å². The van der Waals surface area contributed by atoms with Crippen LogP contribution < -0.4 is 10.6 Å². The fourth-order valence-electron chi connectivity index (χ4n) is 1.86. The molecule has 0 atom stereocenters. The summed E-state index contributed by atoms with van der Waals surface area (Å²) in [6.07, 6.45) is 0. The maximum absolute atomic E-state index is 13.4. The Morgan fingerprint density at radius 2 is 1.73 bits per heavy atom. The third-order valence-corrected chi connectivity index (χ3v) is 2.91. The zero-order valence-corrected chi connectivity index (χ0v) is 11.8. The summed E-state index contributed by atoms with van der Waals surface area (Å²) in [4.78, 5) is 22.8. The molecule has 6 heteroatoms. The van der Waals surface area contributed by atoms with Gasteiger partial charge in [-0.05, 0) is 42.5 Å². The van der Waals surface area contributed by atoms with E-state index in [4.69, 9.17) is 0 Å². The molecule has 0 unspecified atom stereocenters. The molecule has 0 bridgehead atoms. The summed E-state index contributed by atoms with van der Waals surface area (Å²) in [5, 5.41) is 5.09. The Bertz CT molecular complexity index is 700. The van der Waals surface area contributed by atoms with Crippen LogP contribution in [0, 0.1) is 11.6 Å². The summed E-state index contributed by atoms with van der Waals surface area (Å²) in [7, 11) is 0. The molecule has 0 saturated heterocycles. The molecule has 0 aliphatic carbocycles. The van der Waals surface area contributed by atoms with Crippen LogP contribution in [0.15, 0.2) is 42.5 Å². The van der Waals surface area contributed by atoms with Crippen LogP contribution in [-0.2, 0) is 11.3 Å². The van der Waals surface area contributed by atoms with E-state index in [2.05, 4.69) is 10.6 Å². The third-order valence-electron chi connectivity index (χ3n) is 2.91. The maximum atomic E-state index is 13.4. The molecule has 2 aromatic rings. The molecule has 4 nitrogen and oxygen atoms in total. The summed E-state index contributed by atoms with van der Waals surface area (Å²) in [5.41, 5.74) is 0.995. The van der Waals surface area contributed by atoms with Crippen LogP contribution in [0.5, 0.6) is 0 Å². The molecule has 22 heavy (non-hydrogen) atoms. The largest absolute Gasteiger partial charge is 0.348 e. The van der Waals surface area contributed by atoms with Crippen molar-refractivity contribution >= 4 is 17.5 Å². The van der Waals surface area contributed by atoms with Crippen LogP contribution in [0.3, 0.4) is 0 Å². The number of hydrogen-bond donors (Lipinski definition) is 2. The van der Waals surface area contributed by atoms with Crippen LogP contribution in [0.25, 0.3) is 0 Å². The van der Waals surface area contributed by atoms with Gasteiger partial charge >= 0.3 is 0 Å². The van der Waals surface area contributed by atoms with Gasteiger partial charge in [0.15, 0.2) is 0 Å². The van der Waals surface area contributed by atoms with Gasteiger partial charge in [-0.25, -0.2) is 8.78 Å². The normalized spacial score (nSPS) is 10.1. The Morgan fingerprint density at radius 1 is 1.05 bits per heavy atom. The molecule has 0 heterocycles. The first-order valence-corrected chi connectivity index (χ1v) is 6.55. The number of rotatable bonds is 4. The number of anilines is 1. The molecule has 0 fully saturated rings. The summed E-state index contributed by atoms with van der Waals surface area (Å²) in [5.74, 6) is -1.77. The lowest BCUT2D eigenvalue weighted by atomic mass is 10.1. The first-order chi connectivity index (χ1) is 10.5.